The number of rotatable bonds is 5. The summed E-state index contributed by atoms with van der Waals surface area (Å²) < 4.78 is 5.01. The normalized spacial score (nSPS) is 15.3. The Morgan fingerprint density at radius 2 is 2.00 bits per heavy atom. The lowest BCUT2D eigenvalue weighted by molar-refractivity contribution is -0.148. The molecule has 0 rings (SSSR count). The minimum absolute atomic E-state index is 0.0765. The number of esters is 1. The maximum absolute atomic E-state index is 10.8. The summed E-state index contributed by atoms with van der Waals surface area (Å²) in [5.74, 6) is -0.384. The van der Waals surface area contributed by atoms with E-state index in [1.807, 2.05) is 13.8 Å². The second-order valence-electron chi connectivity index (χ2n) is 2.71. The van der Waals surface area contributed by atoms with Crippen molar-refractivity contribution in [3.8, 4) is 0 Å². The van der Waals surface area contributed by atoms with Crippen LogP contribution < -0.4 is 11.5 Å². The molecule has 4 heteroatoms. The topological polar surface area (TPSA) is 78.3 Å². The van der Waals surface area contributed by atoms with Crippen LogP contribution in [0.5, 0.6) is 0 Å². The standard InChI is InChI=1S/C8H18N2O2/c1-3-6(10)7(4-2)12-8(11)5-9/h6-7H,3-5,9-10H2,1-2H3. The molecule has 72 valence electrons. The molecular formula is C8H18N2O2. The first-order valence-corrected chi connectivity index (χ1v) is 4.30. The molecule has 0 aliphatic carbocycles. The van der Waals surface area contributed by atoms with Crippen molar-refractivity contribution >= 4 is 5.97 Å². The van der Waals surface area contributed by atoms with Crippen LogP contribution in [0.2, 0.25) is 0 Å². The van der Waals surface area contributed by atoms with E-state index in [4.69, 9.17) is 16.2 Å². The summed E-state index contributed by atoms with van der Waals surface area (Å²) in [4.78, 5) is 10.8. The molecule has 0 bridgehead atoms. The lowest BCUT2D eigenvalue weighted by Crippen LogP contribution is -2.38. The van der Waals surface area contributed by atoms with Crippen molar-refractivity contribution in [2.75, 3.05) is 6.54 Å². The average molecular weight is 174 g/mol. The largest absolute Gasteiger partial charge is 0.460 e. The number of hydrogen-bond donors (Lipinski definition) is 2. The van der Waals surface area contributed by atoms with Crippen LogP contribution in [-0.4, -0.2) is 24.7 Å². The molecule has 12 heavy (non-hydrogen) atoms. The molecule has 2 unspecified atom stereocenters. The van der Waals surface area contributed by atoms with Gasteiger partial charge in [0.1, 0.15) is 6.10 Å². The molecule has 0 aromatic heterocycles. The van der Waals surface area contributed by atoms with Crippen LogP contribution >= 0.6 is 0 Å². The Morgan fingerprint density at radius 1 is 1.42 bits per heavy atom. The Bertz CT molecular complexity index is 139. The quantitative estimate of drug-likeness (QED) is 0.575. The summed E-state index contributed by atoms with van der Waals surface area (Å²) in [5.41, 5.74) is 10.8. The fourth-order valence-electron chi connectivity index (χ4n) is 0.953. The molecule has 0 saturated heterocycles. The van der Waals surface area contributed by atoms with Crippen LogP contribution in [0, 0.1) is 0 Å². The Balaban J connectivity index is 3.90. The lowest BCUT2D eigenvalue weighted by Gasteiger charge is -2.21. The molecule has 0 spiro atoms. The van der Waals surface area contributed by atoms with E-state index in [9.17, 15) is 4.79 Å². The highest BCUT2D eigenvalue weighted by molar-refractivity contribution is 5.71. The van der Waals surface area contributed by atoms with Crippen molar-refractivity contribution < 1.29 is 9.53 Å². The predicted octanol–water partition coefficient (Wildman–Crippen LogP) is 0.00420. The van der Waals surface area contributed by atoms with E-state index < -0.39 is 0 Å². The number of carbonyl (C=O) groups excluding carboxylic acids is 1. The van der Waals surface area contributed by atoms with Gasteiger partial charge in [-0.1, -0.05) is 13.8 Å². The van der Waals surface area contributed by atoms with E-state index >= 15 is 0 Å². The van der Waals surface area contributed by atoms with Crippen molar-refractivity contribution in [1.29, 1.82) is 0 Å². The maximum atomic E-state index is 10.8. The Kier molecular flexibility index (Phi) is 5.66. The molecule has 0 saturated carbocycles. The number of ether oxygens (including phenoxy) is 1. The van der Waals surface area contributed by atoms with E-state index in [0.29, 0.717) is 0 Å². The second kappa shape index (κ2) is 5.97. The SMILES string of the molecule is CCC(N)C(CC)OC(=O)CN. The third kappa shape index (κ3) is 3.69. The predicted molar refractivity (Wildman–Crippen MR) is 47.5 cm³/mol. The van der Waals surface area contributed by atoms with Gasteiger partial charge in [-0.15, -0.1) is 0 Å². The monoisotopic (exact) mass is 174 g/mol. The zero-order valence-corrected chi connectivity index (χ0v) is 7.75. The summed E-state index contributed by atoms with van der Waals surface area (Å²) in [7, 11) is 0. The number of hydrogen-bond acceptors (Lipinski definition) is 4. The summed E-state index contributed by atoms with van der Waals surface area (Å²) >= 11 is 0. The van der Waals surface area contributed by atoms with Crippen molar-refractivity contribution in [3.63, 3.8) is 0 Å². The highest BCUT2D eigenvalue weighted by atomic mass is 16.5. The van der Waals surface area contributed by atoms with Gasteiger partial charge in [0, 0.05) is 6.04 Å². The molecular weight excluding hydrogens is 156 g/mol. The number of carbonyl (C=O) groups is 1. The van der Waals surface area contributed by atoms with Crippen molar-refractivity contribution in [2.45, 2.75) is 38.8 Å². The van der Waals surface area contributed by atoms with Crippen molar-refractivity contribution in [3.05, 3.63) is 0 Å². The first-order chi connectivity index (χ1) is 5.65. The van der Waals surface area contributed by atoms with Crippen LogP contribution in [0.15, 0.2) is 0 Å². The molecule has 0 radical (unpaired) electrons. The summed E-state index contributed by atoms with van der Waals surface area (Å²) in [5, 5.41) is 0. The Labute approximate surface area is 73.2 Å². The molecule has 0 aliphatic rings. The maximum Gasteiger partial charge on any atom is 0.320 e. The second-order valence-corrected chi connectivity index (χ2v) is 2.71. The molecule has 4 N–H and O–H groups in total. The van der Waals surface area contributed by atoms with E-state index in [-0.39, 0.29) is 24.7 Å². The first kappa shape index (κ1) is 11.4. The zero-order valence-electron chi connectivity index (χ0n) is 7.75. The van der Waals surface area contributed by atoms with Gasteiger partial charge in [-0.2, -0.15) is 0 Å². The molecule has 0 amide bonds. The minimum Gasteiger partial charge on any atom is -0.460 e. The van der Waals surface area contributed by atoms with Crippen LogP contribution in [0.1, 0.15) is 26.7 Å². The smallest absolute Gasteiger partial charge is 0.320 e. The van der Waals surface area contributed by atoms with Crippen LogP contribution in [-0.2, 0) is 9.53 Å². The van der Waals surface area contributed by atoms with Gasteiger partial charge in [-0.05, 0) is 12.8 Å². The van der Waals surface area contributed by atoms with E-state index in [0.717, 1.165) is 12.8 Å². The van der Waals surface area contributed by atoms with Gasteiger partial charge in [0.05, 0.1) is 6.54 Å². The molecule has 0 heterocycles. The fourth-order valence-corrected chi connectivity index (χ4v) is 0.953. The molecule has 0 fully saturated rings. The van der Waals surface area contributed by atoms with Crippen molar-refractivity contribution in [2.24, 2.45) is 11.5 Å². The summed E-state index contributed by atoms with van der Waals surface area (Å²) in [6, 6.07) is -0.0782. The minimum atomic E-state index is -0.384. The Hall–Kier alpha value is -0.610. The highest BCUT2D eigenvalue weighted by Gasteiger charge is 2.17. The molecule has 0 aliphatic heterocycles. The van der Waals surface area contributed by atoms with Crippen molar-refractivity contribution in [1.82, 2.24) is 0 Å². The summed E-state index contributed by atoms with van der Waals surface area (Å²) in [6.07, 6.45) is 1.35. The zero-order chi connectivity index (χ0) is 9.56. The van der Waals surface area contributed by atoms with Gasteiger partial charge in [-0.25, -0.2) is 0 Å². The molecule has 2 atom stereocenters. The van der Waals surface area contributed by atoms with E-state index in [1.165, 1.54) is 0 Å². The van der Waals surface area contributed by atoms with Crippen LogP contribution in [0.25, 0.3) is 0 Å². The molecule has 0 aromatic carbocycles. The van der Waals surface area contributed by atoms with Crippen LogP contribution in [0.4, 0.5) is 0 Å². The van der Waals surface area contributed by atoms with Gasteiger partial charge in [0.2, 0.25) is 0 Å². The van der Waals surface area contributed by atoms with Gasteiger partial charge in [-0.3, -0.25) is 4.79 Å². The van der Waals surface area contributed by atoms with Crippen LogP contribution in [0.3, 0.4) is 0 Å². The van der Waals surface area contributed by atoms with E-state index in [2.05, 4.69) is 0 Å². The van der Waals surface area contributed by atoms with Gasteiger partial charge in [0.25, 0.3) is 0 Å². The third-order valence-corrected chi connectivity index (χ3v) is 1.80. The molecule has 0 aromatic rings. The van der Waals surface area contributed by atoms with Gasteiger partial charge in [0.15, 0.2) is 0 Å². The molecule has 4 nitrogen and oxygen atoms in total. The average Bonchev–Trinajstić information content (AvgIpc) is 2.12. The van der Waals surface area contributed by atoms with Gasteiger partial charge < -0.3 is 16.2 Å². The number of nitrogens with two attached hydrogens (primary N) is 2. The highest BCUT2D eigenvalue weighted by Crippen LogP contribution is 2.05. The first-order valence-electron chi connectivity index (χ1n) is 4.30. The third-order valence-electron chi connectivity index (χ3n) is 1.80. The fraction of sp³-hybridized carbons (Fsp3) is 0.875. The van der Waals surface area contributed by atoms with E-state index in [1.54, 1.807) is 0 Å². The Morgan fingerprint density at radius 3 is 2.33 bits per heavy atom. The lowest BCUT2D eigenvalue weighted by atomic mass is 10.1. The van der Waals surface area contributed by atoms with Gasteiger partial charge >= 0.3 is 5.97 Å². The summed E-state index contributed by atoms with van der Waals surface area (Å²) in [6.45, 7) is 3.82.